The van der Waals surface area contributed by atoms with E-state index in [0.717, 1.165) is 19.3 Å². The molecular weight excluding hydrogens is 278 g/mol. The molecule has 1 aliphatic rings. The molecular formula is C18H33NO3. The fraction of sp³-hybridized carbons (Fsp3) is 0.833. The number of hydrogen-bond donors (Lipinski definition) is 2. The Hall–Kier alpha value is -0.870. The minimum absolute atomic E-state index is 0.413. The molecule has 0 amide bonds. The number of carbonyl (C=O) groups is 1. The Balaban J connectivity index is 2.06. The summed E-state index contributed by atoms with van der Waals surface area (Å²) < 4.78 is 4.70. The molecule has 1 aliphatic heterocycles. The van der Waals surface area contributed by atoms with Crippen LogP contribution in [-0.2, 0) is 9.53 Å². The number of hydrogen-bond acceptors (Lipinski definition) is 4. The van der Waals surface area contributed by atoms with Gasteiger partial charge in [0.1, 0.15) is 0 Å². The topological polar surface area (TPSA) is 72.6 Å². The largest absolute Gasteiger partial charge is 0.429 e. The zero-order chi connectivity index (χ0) is 16.4. The molecule has 0 aromatic rings. The predicted octanol–water partition coefficient (Wildman–Crippen LogP) is 3.82. The van der Waals surface area contributed by atoms with E-state index >= 15 is 0 Å². The maximum atomic E-state index is 11.6. The lowest BCUT2D eigenvalue weighted by atomic mass is 9.87. The summed E-state index contributed by atoms with van der Waals surface area (Å²) in [5.74, 6) is -0.482. The smallest absolute Gasteiger partial charge is 0.338 e. The molecule has 1 rings (SSSR count). The number of unbranched alkanes of at least 4 members (excludes halogenated alkanes) is 9. The Morgan fingerprint density at radius 3 is 2.05 bits per heavy atom. The van der Waals surface area contributed by atoms with Crippen LogP contribution >= 0.6 is 0 Å². The van der Waals surface area contributed by atoms with Crippen LogP contribution in [0, 0.1) is 0 Å². The minimum atomic E-state index is -1.13. The number of cyclic esters (lactones) is 1. The average molecular weight is 311 g/mol. The summed E-state index contributed by atoms with van der Waals surface area (Å²) in [4.78, 5) is 11.6. The summed E-state index contributed by atoms with van der Waals surface area (Å²) in [6.45, 7) is 4.08. The van der Waals surface area contributed by atoms with Crippen molar-refractivity contribution in [1.29, 1.82) is 0 Å². The maximum absolute atomic E-state index is 11.6. The molecule has 128 valence electrons. The lowest BCUT2D eigenvalue weighted by Crippen LogP contribution is -2.40. The maximum Gasteiger partial charge on any atom is 0.338 e. The van der Waals surface area contributed by atoms with Crippen LogP contribution in [0.4, 0.5) is 0 Å². The highest BCUT2D eigenvalue weighted by Gasteiger charge is 2.35. The molecule has 0 aromatic carbocycles. The summed E-state index contributed by atoms with van der Waals surface area (Å²) in [7, 11) is 0. The number of rotatable bonds is 12. The summed E-state index contributed by atoms with van der Waals surface area (Å²) in [5.41, 5.74) is 5.92. The Morgan fingerprint density at radius 2 is 1.59 bits per heavy atom. The molecule has 3 N–H and O–H groups in total. The first kappa shape index (κ1) is 19.2. The number of ether oxygens (including phenoxy) is 1. The van der Waals surface area contributed by atoms with Gasteiger partial charge in [0.15, 0.2) is 0 Å². The third-order valence-corrected chi connectivity index (χ3v) is 4.42. The zero-order valence-electron chi connectivity index (χ0n) is 14.3. The van der Waals surface area contributed by atoms with Crippen LogP contribution in [0.15, 0.2) is 11.6 Å². The fourth-order valence-corrected chi connectivity index (χ4v) is 2.96. The van der Waals surface area contributed by atoms with Crippen molar-refractivity contribution in [2.24, 2.45) is 5.73 Å². The van der Waals surface area contributed by atoms with E-state index in [2.05, 4.69) is 6.92 Å². The standard InChI is InChI=1S/C18H33NO3/c1-3-4-5-6-7-8-9-10-11-12-13-18(2,19)15-14-16(20)22-17(15)21/h14,16,20H,3-13,19H2,1-2H3. The molecule has 0 aliphatic carbocycles. The van der Waals surface area contributed by atoms with Gasteiger partial charge in [-0.05, 0) is 19.4 Å². The van der Waals surface area contributed by atoms with Gasteiger partial charge in [0.2, 0.25) is 6.29 Å². The second kappa shape index (κ2) is 10.0. The van der Waals surface area contributed by atoms with Gasteiger partial charge in [-0.3, -0.25) is 0 Å². The van der Waals surface area contributed by atoms with Crippen molar-refractivity contribution in [3.05, 3.63) is 11.6 Å². The molecule has 4 nitrogen and oxygen atoms in total. The van der Waals surface area contributed by atoms with Gasteiger partial charge in [-0.1, -0.05) is 71.1 Å². The normalized spacial score (nSPS) is 20.6. The highest BCUT2D eigenvalue weighted by atomic mass is 16.6. The van der Waals surface area contributed by atoms with E-state index in [-0.39, 0.29) is 0 Å². The molecule has 2 atom stereocenters. The second-order valence-electron chi connectivity index (χ2n) is 6.73. The van der Waals surface area contributed by atoms with Gasteiger partial charge in [-0.25, -0.2) is 4.79 Å². The van der Waals surface area contributed by atoms with Gasteiger partial charge in [0.25, 0.3) is 0 Å². The van der Waals surface area contributed by atoms with Gasteiger partial charge >= 0.3 is 5.97 Å². The van der Waals surface area contributed by atoms with Crippen molar-refractivity contribution in [3.63, 3.8) is 0 Å². The molecule has 0 saturated carbocycles. The van der Waals surface area contributed by atoms with Gasteiger partial charge < -0.3 is 15.6 Å². The molecule has 1 heterocycles. The lowest BCUT2D eigenvalue weighted by Gasteiger charge is -2.24. The van der Waals surface area contributed by atoms with Gasteiger partial charge in [-0.15, -0.1) is 0 Å². The lowest BCUT2D eigenvalue weighted by molar-refractivity contribution is -0.151. The molecule has 0 fully saturated rings. The van der Waals surface area contributed by atoms with E-state index in [1.54, 1.807) is 0 Å². The number of esters is 1. The predicted molar refractivity (Wildman–Crippen MR) is 89.2 cm³/mol. The van der Waals surface area contributed by atoms with Crippen LogP contribution in [0.3, 0.4) is 0 Å². The van der Waals surface area contributed by atoms with Crippen LogP contribution in [0.25, 0.3) is 0 Å². The Kier molecular flexibility index (Phi) is 8.72. The number of aliphatic hydroxyl groups excluding tert-OH is 1. The third kappa shape index (κ3) is 6.93. The Bertz CT molecular complexity index is 363. The van der Waals surface area contributed by atoms with E-state index in [1.165, 1.54) is 57.4 Å². The minimum Gasteiger partial charge on any atom is -0.429 e. The molecule has 0 saturated heterocycles. The van der Waals surface area contributed by atoms with Gasteiger partial charge in [0.05, 0.1) is 5.57 Å². The molecule has 0 spiro atoms. The second-order valence-corrected chi connectivity index (χ2v) is 6.73. The van der Waals surface area contributed by atoms with E-state index in [4.69, 9.17) is 10.5 Å². The number of aliphatic hydroxyl groups is 1. The van der Waals surface area contributed by atoms with Crippen molar-refractivity contribution >= 4 is 5.97 Å². The van der Waals surface area contributed by atoms with Crippen molar-refractivity contribution in [2.45, 2.75) is 96.3 Å². The molecule has 0 bridgehead atoms. The first-order valence-electron chi connectivity index (χ1n) is 8.87. The van der Waals surface area contributed by atoms with Gasteiger partial charge in [-0.2, -0.15) is 0 Å². The fourth-order valence-electron chi connectivity index (χ4n) is 2.96. The Labute approximate surface area is 135 Å². The van der Waals surface area contributed by atoms with Crippen LogP contribution in [-0.4, -0.2) is 22.9 Å². The van der Waals surface area contributed by atoms with Crippen molar-refractivity contribution in [3.8, 4) is 0 Å². The quantitative estimate of drug-likeness (QED) is 0.424. The summed E-state index contributed by atoms with van der Waals surface area (Å²) in [6.07, 6.45) is 13.8. The van der Waals surface area contributed by atoms with E-state index < -0.39 is 17.8 Å². The highest BCUT2D eigenvalue weighted by Crippen LogP contribution is 2.27. The van der Waals surface area contributed by atoms with E-state index in [9.17, 15) is 9.90 Å². The van der Waals surface area contributed by atoms with Crippen LogP contribution in [0.2, 0.25) is 0 Å². The molecule has 4 heteroatoms. The van der Waals surface area contributed by atoms with Crippen LogP contribution in [0.1, 0.15) is 84.5 Å². The zero-order valence-corrected chi connectivity index (χ0v) is 14.3. The Morgan fingerprint density at radius 1 is 1.09 bits per heavy atom. The van der Waals surface area contributed by atoms with E-state index in [1.807, 2.05) is 6.92 Å². The SMILES string of the molecule is CCCCCCCCCCCCC(C)(N)C1=CC(O)OC1=O. The average Bonchev–Trinajstić information content (AvgIpc) is 2.80. The summed E-state index contributed by atoms with van der Waals surface area (Å²) in [6, 6.07) is 0. The number of carbonyl (C=O) groups excluding carboxylic acids is 1. The van der Waals surface area contributed by atoms with E-state index in [0.29, 0.717) is 5.57 Å². The highest BCUT2D eigenvalue weighted by molar-refractivity contribution is 5.93. The summed E-state index contributed by atoms with van der Waals surface area (Å²) >= 11 is 0. The van der Waals surface area contributed by atoms with Crippen molar-refractivity contribution < 1.29 is 14.6 Å². The molecule has 2 unspecified atom stereocenters. The first-order chi connectivity index (χ1) is 10.5. The monoisotopic (exact) mass is 311 g/mol. The third-order valence-electron chi connectivity index (χ3n) is 4.42. The van der Waals surface area contributed by atoms with Crippen LogP contribution < -0.4 is 5.73 Å². The summed E-state index contributed by atoms with van der Waals surface area (Å²) in [5, 5.41) is 9.30. The van der Waals surface area contributed by atoms with Crippen molar-refractivity contribution in [2.75, 3.05) is 0 Å². The van der Waals surface area contributed by atoms with Crippen LogP contribution in [0.5, 0.6) is 0 Å². The molecule has 22 heavy (non-hydrogen) atoms. The van der Waals surface area contributed by atoms with Crippen molar-refractivity contribution in [1.82, 2.24) is 0 Å². The number of nitrogens with two attached hydrogens (primary N) is 1. The molecule has 0 radical (unpaired) electrons. The first-order valence-corrected chi connectivity index (χ1v) is 8.87. The van der Waals surface area contributed by atoms with Gasteiger partial charge in [0, 0.05) is 5.54 Å². The molecule has 0 aromatic heterocycles.